The van der Waals surface area contributed by atoms with Gasteiger partial charge in [0.15, 0.2) is 6.61 Å². The van der Waals surface area contributed by atoms with Crippen LogP contribution in [0.15, 0.2) is 18.3 Å². The van der Waals surface area contributed by atoms with Crippen molar-refractivity contribution < 1.29 is 22.7 Å². The SMILES string of the molecule is Cc1cc(N2CCN(C(=O)c3cnc(OCC(F)(F)F)c(Cl)c3)CC2)nc(C)n1. The molecule has 0 spiro atoms. The molecular weight excluding hydrogens is 411 g/mol. The Labute approximate surface area is 170 Å². The number of piperazine rings is 1. The van der Waals surface area contributed by atoms with Gasteiger partial charge in [-0.15, -0.1) is 0 Å². The summed E-state index contributed by atoms with van der Waals surface area (Å²) in [6, 6.07) is 3.17. The van der Waals surface area contributed by atoms with Crippen LogP contribution in [0.25, 0.3) is 0 Å². The van der Waals surface area contributed by atoms with Crippen molar-refractivity contribution in [3.63, 3.8) is 0 Å². The van der Waals surface area contributed by atoms with Crippen molar-refractivity contribution in [2.24, 2.45) is 0 Å². The van der Waals surface area contributed by atoms with E-state index in [1.54, 1.807) is 4.90 Å². The quantitative estimate of drug-likeness (QED) is 0.744. The first-order valence-electron chi connectivity index (χ1n) is 8.84. The van der Waals surface area contributed by atoms with Crippen LogP contribution in [-0.4, -0.2) is 64.7 Å². The fourth-order valence-corrected chi connectivity index (χ4v) is 3.20. The van der Waals surface area contributed by atoms with E-state index >= 15 is 0 Å². The molecule has 0 aliphatic carbocycles. The number of rotatable bonds is 4. The number of anilines is 1. The van der Waals surface area contributed by atoms with E-state index in [4.69, 9.17) is 11.6 Å². The molecule has 156 valence electrons. The topological polar surface area (TPSA) is 71.5 Å². The molecule has 0 saturated carbocycles. The molecule has 1 aliphatic rings. The van der Waals surface area contributed by atoms with Gasteiger partial charge in [-0.05, 0) is 19.9 Å². The summed E-state index contributed by atoms with van der Waals surface area (Å²) in [5, 5.41) is -0.148. The van der Waals surface area contributed by atoms with Gasteiger partial charge in [0.25, 0.3) is 5.91 Å². The molecule has 3 rings (SSSR count). The van der Waals surface area contributed by atoms with Crippen LogP contribution in [0, 0.1) is 13.8 Å². The maximum atomic E-state index is 12.7. The van der Waals surface area contributed by atoms with E-state index in [9.17, 15) is 18.0 Å². The normalized spacial score (nSPS) is 14.8. The lowest BCUT2D eigenvalue weighted by molar-refractivity contribution is -0.154. The highest BCUT2D eigenvalue weighted by Crippen LogP contribution is 2.26. The van der Waals surface area contributed by atoms with Gasteiger partial charge >= 0.3 is 6.18 Å². The summed E-state index contributed by atoms with van der Waals surface area (Å²) >= 11 is 5.93. The summed E-state index contributed by atoms with van der Waals surface area (Å²) in [6.45, 7) is 4.34. The van der Waals surface area contributed by atoms with Gasteiger partial charge in [-0.1, -0.05) is 11.6 Å². The number of carbonyl (C=O) groups is 1. The standard InChI is InChI=1S/C18H19ClF3N5O2/c1-11-7-15(25-12(2)24-11)26-3-5-27(6-4-26)17(28)13-8-14(19)16(23-9-13)29-10-18(20,21)22/h7-9H,3-6,10H2,1-2H3. The number of amides is 1. The number of ether oxygens (including phenoxy) is 1. The number of aryl methyl sites for hydroxylation is 2. The zero-order valence-corrected chi connectivity index (χ0v) is 16.6. The van der Waals surface area contributed by atoms with Crippen molar-refractivity contribution >= 4 is 23.3 Å². The predicted octanol–water partition coefficient (Wildman–Crippen LogP) is 3.05. The number of hydrogen-bond donors (Lipinski definition) is 0. The fourth-order valence-electron chi connectivity index (χ4n) is 2.98. The van der Waals surface area contributed by atoms with Crippen LogP contribution < -0.4 is 9.64 Å². The molecule has 0 radical (unpaired) electrons. The van der Waals surface area contributed by atoms with Crippen molar-refractivity contribution in [1.29, 1.82) is 0 Å². The second-order valence-electron chi connectivity index (χ2n) is 6.61. The Morgan fingerprint density at radius 3 is 2.45 bits per heavy atom. The molecule has 0 atom stereocenters. The van der Waals surface area contributed by atoms with E-state index in [1.165, 1.54) is 12.3 Å². The number of aromatic nitrogens is 3. The Bertz CT molecular complexity index is 881. The first-order chi connectivity index (χ1) is 13.6. The Balaban J connectivity index is 1.62. The monoisotopic (exact) mass is 429 g/mol. The summed E-state index contributed by atoms with van der Waals surface area (Å²) in [6.07, 6.45) is -3.33. The summed E-state index contributed by atoms with van der Waals surface area (Å²) in [4.78, 5) is 28.8. The molecule has 7 nitrogen and oxygen atoms in total. The Morgan fingerprint density at radius 2 is 1.86 bits per heavy atom. The van der Waals surface area contributed by atoms with Gasteiger partial charge in [0, 0.05) is 44.1 Å². The first kappa shape index (κ1) is 21.1. The van der Waals surface area contributed by atoms with Crippen molar-refractivity contribution in [1.82, 2.24) is 19.9 Å². The van der Waals surface area contributed by atoms with Crippen LogP contribution in [0.3, 0.4) is 0 Å². The van der Waals surface area contributed by atoms with Gasteiger partial charge in [-0.3, -0.25) is 4.79 Å². The van der Waals surface area contributed by atoms with Gasteiger partial charge in [-0.25, -0.2) is 15.0 Å². The minimum Gasteiger partial charge on any atom is -0.467 e. The molecule has 0 unspecified atom stereocenters. The van der Waals surface area contributed by atoms with Gasteiger partial charge in [-0.2, -0.15) is 13.2 Å². The highest BCUT2D eigenvalue weighted by atomic mass is 35.5. The van der Waals surface area contributed by atoms with Crippen LogP contribution in [0.2, 0.25) is 5.02 Å². The third-order valence-corrected chi connectivity index (χ3v) is 4.54. The third-order valence-electron chi connectivity index (χ3n) is 4.27. The Kier molecular flexibility index (Phi) is 6.11. The lowest BCUT2D eigenvalue weighted by Crippen LogP contribution is -2.49. The van der Waals surface area contributed by atoms with Crippen molar-refractivity contribution in [2.45, 2.75) is 20.0 Å². The molecule has 1 saturated heterocycles. The average molecular weight is 430 g/mol. The number of pyridine rings is 1. The fraction of sp³-hybridized carbons (Fsp3) is 0.444. The molecule has 29 heavy (non-hydrogen) atoms. The van der Waals surface area contributed by atoms with Crippen molar-refractivity contribution in [3.8, 4) is 5.88 Å². The largest absolute Gasteiger partial charge is 0.467 e. The van der Waals surface area contributed by atoms with Crippen LogP contribution in [0.5, 0.6) is 5.88 Å². The smallest absolute Gasteiger partial charge is 0.422 e. The summed E-state index contributed by atoms with van der Waals surface area (Å²) in [5.74, 6) is 0.848. The number of halogens is 4. The molecule has 0 N–H and O–H groups in total. The average Bonchev–Trinajstić information content (AvgIpc) is 2.65. The van der Waals surface area contributed by atoms with Gasteiger partial charge in [0.2, 0.25) is 5.88 Å². The first-order valence-corrected chi connectivity index (χ1v) is 9.22. The molecule has 3 heterocycles. The van der Waals surface area contributed by atoms with E-state index in [-0.39, 0.29) is 22.4 Å². The molecule has 2 aromatic rings. The third kappa shape index (κ3) is 5.47. The number of carbonyl (C=O) groups excluding carboxylic acids is 1. The molecule has 0 aromatic carbocycles. The number of nitrogens with zero attached hydrogens (tertiary/aromatic N) is 5. The van der Waals surface area contributed by atoms with E-state index in [2.05, 4.69) is 24.6 Å². The van der Waals surface area contributed by atoms with Crippen LogP contribution >= 0.6 is 11.6 Å². The molecule has 1 amide bonds. The van der Waals surface area contributed by atoms with E-state index in [1.807, 2.05) is 19.9 Å². The lowest BCUT2D eigenvalue weighted by Gasteiger charge is -2.35. The highest BCUT2D eigenvalue weighted by Gasteiger charge is 2.29. The molecule has 11 heteroatoms. The molecular formula is C18H19ClF3N5O2. The summed E-state index contributed by atoms with van der Waals surface area (Å²) in [5.41, 5.74) is 1.07. The number of hydrogen-bond acceptors (Lipinski definition) is 6. The summed E-state index contributed by atoms with van der Waals surface area (Å²) in [7, 11) is 0. The zero-order chi connectivity index (χ0) is 21.2. The van der Waals surface area contributed by atoms with Crippen molar-refractivity contribution in [3.05, 3.63) is 40.4 Å². The number of alkyl halides is 3. The minimum absolute atomic E-state index is 0.148. The Morgan fingerprint density at radius 1 is 1.17 bits per heavy atom. The Hall–Kier alpha value is -2.62. The minimum atomic E-state index is -4.50. The molecule has 2 aromatic heterocycles. The zero-order valence-electron chi connectivity index (χ0n) is 15.8. The van der Waals surface area contributed by atoms with Crippen LogP contribution in [0.1, 0.15) is 21.9 Å². The lowest BCUT2D eigenvalue weighted by atomic mass is 10.2. The van der Waals surface area contributed by atoms with E-state index < -0.39 is 12.8 Å². The molecule has 1 fully saturated rings. The second-order valence-corrected chi connectivity index (χ2v) is 7.02. The van der Waals surface area contributed by atoms with Gasteiger partial charge in [0.1, 0.15) is 16.7 Å². The maximum Gasteiger partial charge on any atom is 0.422 e. The van der Waals surface area contributed by atoms with Crippen molar-refractivity contribution in [2.75, 3.05) is 37.7 Å². The maximum absolute atomic E-state index is 12.7. The van der Waals surface area contributed by atoms with Gasteiger partial charge in [0.05, 0.1) is 5.56 Å². The predicted molar refractivity (Wildman–Crippen MR) is 100 cm³/mol. The highest BCUT2D eigenvalue weighted by molar-refractivity contribution is 6.32. The van der Waals surface area contributed by atoms with Crippen LogP contribution in [0.4, 0.5) is 19.0 Å². The second kappa shape index (κ2) is 8.40. The van der Waals surface area contributed by atoms with Crippen LogP contribution in [-0.2, 0) is 0 Å². The van der Waals surface area contributed by atoms with Gasteiger partial charge < -0.3 is 14.5 Å². The summed E-state index contributed by atoms with van der Waals surface area (Å²) < 4.78 is 41.3. The molecule has 0 bridgehead atoms. The molecule has 1 aliphatic heterocycles. The van der Waals surface area contributed by atoms with E-state index in [0.29, 0.717) is 32.0 Å². The van der Waals surface area contributed by atoms with E-state index in [0.717, 1.165) is 11.5 Å².